The molecular weight excluding hydrogens is 545 g/mol. The summed E-state index contributed by atoms with van der Waals surface area (Å²) in [5.41, 5.74) is 2.45. The van der Waals surface area contributed by atoms with Crippen molar-refractivity contribution in [3.63, 3.8) is 0 Å². The molecule has 0 spiro atoms. The Labute approximate surface area is 230 Å². The van der Waals surface area contributed by atoms with Crippen molar-refractivity contribution in [2.45, 2.75) is 34.9 Å². The van der Waals surface area contributed by atoms with E-state index in [-0.39, 0.29) is 5.57 Å². The zero-order valence-corrected chi connectivity index (χ0v) is 23.4. The van der Waals surface area contributed by atoms with E-state index in [9.17, 15) is 14.7 Å². The Morgan fingerprint density at radius 1 is 1.05 bits per heavy atom. The average Bonchev–Trinajstić information content (AvgIpc) is 3.59. The van der Waals surface area contributed by atoms with Crippen molar-refractivity contribution in [2.24, 2.45) is 0 Å². The summed E-state index contributed by atoms with van der Waals surface area (Å²) in [6.07, 6.45) is 1.98. The highest BCUT2D eigenvalue weighted by atomic mass is 32.2. The molecule has 1 aliphatic rings. The summed E-state index contributed by atoms with van der Waals surface area (Å²) in [6, 6.07) is 16.8. The zero-order valence-electron chi connectivity index (χ0n) is 20.2. The van der Waals surface area contributed by atoms with Crippen molar-refractivity contribution < 1.29 is 14.7 Å². The van der Waals surface area contributed by atoms with Gasteiger partial charge in [-0.15, -0.1) is 33.3 Å². The van der Waals surface area contributed by atoms with E-state index in [0.717, 1.165) is 15.5 Å². The SMILES string of the molecule is CSc1ccc(C2C(C(=O)c3sc(C)nc3C)=C(O)C(=O)N2c2nnc(SCc3ccccc3)s2)cc1. The Hall–Kier alpha value is -2.99. The second-order valence-electron chi connectivity index (χ2n) is 8.21. The first-order chi connectivity index (χ1) is 17.9. The Bertz CT molecular complexity index is 1500. The molecule has 3 heterocycles. The number of benzene rings is 2. The van der Waals surface area contributed by atoms with Gasteiger partial charge in [-0.05, 0) is 43.4 Å². The summed E-state index contributed by atoms with van der Waals surface area (Å²) in [5, 5.41) is 20.6. The third-order valence-corrected chi connectivity index (χ3v) is 9.74. The molecule has 1 amide bonds. The standard InChI is InChI=1S/C26H22N4O3S4/c1-14-23(36-15(2)27-14)21(31)19-20(17-9-11-18(34-3)12-10-17)30(24(33)22(19)32)25-28-29-26(37-25)35-13-16-7-5-4-6-8-16/h4-12,20,32H,13H2,1-3H3. The van der Waals surface area contributed by atoms with E-state index in [0.29, 0.717) is 31.4 Å². The maximum Gasteiger partial charge on any atom is 0.296 e. The summed E-state index contributed by atoms with van der Waals surface area (Å²) >= 11 is 5.63. The third kappa shape index (κ3) is 5.08. The topological polar surface area (TPSA) is 96.3 Å². The highest BCUT2D eigenvalue weighted by molar-refractivity contribution is 8.00. The molecule has 0 aliphatic carbocycles. The first kappa shape index (κ1) is 25.7. The molecular formula is C26H22N4O3S4. The van der Waals surface area contributed by atoms with Crippen LogP contribution in [0.5, 0.6) is 0 Å². The number of ketones is 1. The lowest BCUT2D eigenvalue weighted by molar-refractivity contribution is -0.117. The van der Waals surface area contributed by atoms with Crippen LogP contribution in [0.4, 0.5) is 5.13 Å². The van der Waals surface area contributed by atoms with Gasteiger partial charge in [-0.25, -0.2) is 4.98 Å². The van der Waals surface area contributed by atoms with Crippen LogP contribution in [-0.4, -0.2) is 38.2 Å². The minimum Gasteiger partial charge on any atom is -0.503 e. The van der Waals surface area contributed by atoms with Crippen LogP contribution in [0.1, 0.15) is 37.5 Å². The molecule has 1 unspecified atom stereocenters. The Balaban J connectivity index is 1.52. The number of aliphatic hydroxyl groups excluding tert-OH is 1. The number of hydrogen-bond acceptors (Lipinski definition) is 10. The van der Waals surface area contributed by atoms with Gasteiger partial charge in [-0.1, -0.05) is 65.6 Å². The normalized spacial score (nSPS) is 15.6. The number of carbonyl (C=O) groups excluding carboxylic acids is 2. The average molecular weight is 567 g/mol. The molecule has 5 rings (SSSR count). The van der Waals surface area contributed by atoms with Gasteiger partial charge >= 0.3 is 0 Å². The fourth-order valence-corrected chi connectivity index (χ4v) is 7.18. The van der Waals surface area contributed by atoms with Crippen molar-refractivity contribution in [1.29, 1.82) is 0 Å². The lowest BCUT2D eigenvalue weighted by Gasteiger charge is -2.24. The van der Waals surface area contributed by atoms with Gasteiger partial charge in [-0.3, -0.25) is 14.5 Å². The van der Waals surface area contributed by atoms with Crippen LogP contribution in [0.15, 0.2) is 75.2 Å². The van der Waals surface area contributed by atoms with E-state index >= 15 is 0 Å². The molecule has 0 bridgehead atoms. The van der Waals surface area contributed by atoms with Crippen LogP contribution >= 0.6 is 46.2 Å². The third-order valence-electron chi connectivity index (χ3n) is 5.80. The number of hydrogen-bond donors (Lipinski definition) is 1. The zero-order chi connectivity index (χ0) is 26.1. The van der Waals surface area contributed by atoms with Crippen LogP contribution in [0.25, 0.3) is 0 Å². The summed E-state index contributed by atoms with van der Waals surface area (Å²) in [4.78, 5) is 34.3. The maximum atomic E-state index is 13.7. The summed E-state index contributed by atoms with van der Waals surface area (Å²) < 4.78 is 0.691. The molecule has 188 valence electrons. The molecule has 0 radical (unpaired) electrons. The van der Waals surface area contributed by atoms with E-state index in [4.69, 9.17) is 0 Å². The van der Waals surface area contributed by atoms with Gasteiger partial charge in [-0.2, -0.15) is 0 Å². The van der Waals surface area contributed by atoms with E-state index < -0.39 is 23.5 Å². The summed E-state index contributed by atoms with van der Waals surface area (Å²) in [7, 11) is 0. The summed E-state index contributed by atoms with van der Waals surface area (Å²) in [6.45, 7) is 3.58. The van der Waals surface area contributed by atoms with E-state index in [2.05, 4.69) is 15.2 Å². The highest BCUT2D eigenvalue weighted by Crippen LogP contribution is 2.44. The molecule has 4 aromatic rings. The number of aliphatic hydroxyl groups is 1. The van der Waals surface area contributed by atoms with Gasteiger partial charge in [0.05, 0.1) is 27.2 Å². The molecule has 11 heteroatoms. The number of aromatic nitrogens is 3. The van der Waals surface area contributed by atoms with E-state index in [1.807, 2.05) is 67.8 Å². The fraction of sp³-hybridized carbons (Fsp3) is 0.192. The molecule has 1 N–H and O–H groups in total. The maximum absolute atomic E-state index is 13.7. The van der Waals surface area contributed by atoms with Gasteiger partial charge in [0.25, 0.3) is 5.91 Å². The predicted molar refractivity (Wildman–Crippen MR) is 150 cm³/mol. The first-order valence-electron chi connectivity index (χ1n) is 11.3. The largest absolute Gasteiger partial charge is 0.503 e. The molecule has 37 heavy (non-hydrogen) atoms. The van der Waals surface area contributed by atoms with Gasteiger partial charge < -0.3 is 5.11 Å². The van der Waals surface area contributed by atoms with Gasteiger partial charge in [0, 0.05) is 10.6 Å². The lowest BCUT2D eigenvalue weighted by Crippen LogP contribution is -2.31. The van der Waals surface area contributed by atoms with E-state index in [1.165, 1.54) is 39.3 Å². The number of amides is 1. The smallest absolute Gasteiger partial charge is 0.296 e. The molecule has 2 aromatic carbocycles. The number of nitrogens with zero attached hydrogens (tertiary/aromatic N) is 4. The second kappa shape index (κ2) is 10.8. The molecule has 2 aromatic heterocycles. The number of Topliss-reactive ketones (excluding diaryl/α,β-unsaturated/α-hetero) is 1. The highest BCUT2D eigenvalue weighted by Gasteiger charge is 2.46. The molecule has 0 fully saturated rings. The van der Waals surface area contributed by atoms with Crippen LogP contribution in [0.2, 0.25) is 0 Å². The Kier molecular flexibility index (Phi) is 7.47. The summed E-state index contributed by atoms with van der Waals surface area (Å²) in [5.74, 6) is -0.932. The van der Waals surface area contributed by atoms with Crippen LogP contribution in [0.3, 0.4) is 0 Å². The van der Waals surface area contributed by atoms with Gasteiger partial charge in [0.2, 0.25) is 10.9 Å². The second-order valence-corrected chi connectivity index (χ2v) is 12.5. The molecule has 0 saturated heterocycles. The van der Waals surface area contributed by atoms with Crippen molar-refractivity contribution >= 4 is 63.0 Å². The fourth-order valence-electron chi connectivity index (χ4n) is 4.08. The van der Waals surface area contributed by atoms with Gasteiger partial charge in [0.15, 0.2) is 10.1 Å². The lowest BCUT2D eigenvalue weighted by atomic mass is 9.95. The first-order valence-corrected chi connectivity index (χ1v) is 15.1. The van der Waals surface area contributed by atoms with Crippen LogP contribution < -0.4 is 4.90 Å². The number of aryl methyl sites for hydroxylation is 2. The van der Waals surface area contributed by atoms with Crippen molar-refractivity contribution in [3.05, 3.63) is 92.6 Å². The molecule has 7 nitrogen and oxygen atoms in total. The predicted octanol–water partition coefficient (Wildman–Crippen LogP) is 6.41. The van der Waals surface area contributed by atoms with Crippen molar-refractivity contribution in [2.75, 3.05) is 11.2 Å². The van der Waals surface area contributed by atoms with E-state index in [1.54, 1.807) is 18.7 Å². The number of thioether (sulfide) groups is 2. The van der Waals surface area contributed by atoms with Crippen molar-refractivity contribution in [3.8, 4) is 0 Å². The monoisotopic (exact) mass is 566 g/mol. The molecule has 1 aliphatic heterocycles. The Morgan fingerprint density at radius 2 is 1.78 bits per heavy atom. The number of thiazole rings is 1. The Morgan fingerprint density at radius 3 is 2.43 bits per heavy atom. The number of anilines is 1. The molecule has 0 saturated carbocycles. The minimum atomic E-state index is -0.836. The number of rotatable bonds is 8. The molecule has 1 atom stereocenters. The van der Waals surface area contributed by atoms with Gasteiger partial charge in [0.1, 0.15) is 0 Å². The quantitative estimate of drug-likeness (QED) is 0.149. The van der Waals surface area contributed by atoms with Crippen LogP contribution in [0, 0.1) is 13.8 Å². The minimum absolute atomic E-state index is 0.0299. The van der Waals surface area contributed by atoms with Crippen LogP contribution in [-0.2, 0) is 10.5 Å². The number of carbonyl (C=O) groups is 2. The van der Waals surface area contributed by atoms with Crippen molar-refractivity contribution in [1.82, 2.24) is 15.2 Å².